The summed E-state index contributed by atoms with van der Waals surface area (Å²) < 4.78 is 0. The molecule has 1 fully saturated rings. The van der Waals surface area contributed by atoms with Gasteiger partial charge in [0.1, 0.15) is 0 Å². The molecule has 10 heavy (non-hydrogen) atoms. The van der Waals surface area contributed by atoms with Crippen LogP contribution in [0.4, 0.5) is 0 Å². The van der Waals surface area contributed by atoms with Crippen molar-refractivity contribution in [3.63, 3.8) is 0 Å². The van der Waals surface area contributed by atoms with E-state index in [2.05, 4.69) is 18.0 Å². The quantitative estimate of drug-likeness (QED) is 0.494. The van der Waals surface area contributed by atoms with Gasteiger partial charge < -0.3 is 4.90 Å². The topological polar surface area (TPSA) is 3.24 Å². The molecule has 1 nitrogen and oxygen atoms in total. The maximum atomic E-state index is 2.53. The molecule has 2 rings (SSSR count). The molecule has 1 saturated heterocycles. The molecule has 0 radical (unpaired) electrons. The van der Waals surface area contributed by atoms with Crippen LogP contribution in [0.5, 0.6) is 0 Å². The van der Waals surface area contributed by atoms with E-state index in [-0.39, 0.29) is 0 Å². The predicted molar refractivity (Wildman–Crippen MR) is 42.7 cm³/mol. The van der Waals surface area contributed by atoms with E-state index in [1.165, 1.54) is 32.2 Å². The molecule has 0 bridgehead atoms. The predicted octanol–water partition coefficient (Wildman–Crippen LogP) is 2.15. The molecule has 1 heteroatoms. The number of nitrogens with zero attached hydrogens (tertiary/aromatic N) is 1. The Morgan fingerprint density at radius 2 is 2.40 bits per heavy atom. The third kappa shape index (κ3) is 0.938. The second-order valence-electron chi connectivity index (χ2n) is 3.57. The van der Waals surface area contributed by atoms with Crippen LogP contribution in [0.3, 0.4) is 0 Å². The Labute approximate surface area is 62.7 Å². The molecular formula is C9H15N. The van der Waals surface area contributed by atoms with Crippen LogP contribution >= 0.6 is 0 Å². The van der Waals surface area contributed by atoms with E-state index in [1.807, 2.05) is 0 Å². The van der Waals surface area contributed by atoms with Crippen molar-refractivity contribution < 1.29 is 0 Å². The van der Waals surface area contributed by atoms with Crippen molar-refractivity contribution in [1.82, 2.24) is 4.90 Å². The van der Waals surface area contributed by atoms with E-state index < -0.39 is 0 Å². The molecule has 0 saturated carbocycles. The average Bonchev–Trinajstić information content (AvgIpc) is 2.27. The van der Waals surface area contributed by atoms with Gasteiger partial charge in [-0.1, -0.05) is 5.57 Å². The van der Waals surface area contributed by atoms with Crippen molar-refractivity contribution >= 4 is 0 Å². The monoisotopic (exact) mass is 137 g/mol. The SMILES string of the molecule is CC1=CN2CCCCC2C1. The van der Waals surface area contributed by atoms with Gasteiger partial charge in [-0.05, 0) is 38.8 Å². The Hall–Kier alpha value is -0.460. The van der Waals surface area contributed by atoms with Gasteiger partial charge in [-0.15, -0.1) is 0 Å². The lowest BCUT2D eigenvalue weighted by Crippen LogP contribution is -2.31. The van der Waals surface area contributed by atoms with Crippen LogP contribution in [0.2, 0.25) is 0 Å². The Bertz CT molecular complexity index is 160. The summed E-state index contributed by atoms with van der Waals surface area (Å²) in [7, 11) is 0. The molecule has 0 aromatic carbocycles. The highest BCUT2D eigenvalue weighted by Crippen LogP contribution is 2.28. The number of piperidine rings is 1. The molecule has 0 aromatic heterocycles. The summed E-state index contributed by atoms with van der Waals surface area (Å²) in [4.78, 5) is 2.53. The highest BCUT2D eigenvalue weighted by atomic mass is 15.2. The van der Waals surface area contributed by atoms with E-state index in [0.29, 0.717) is 0 Å². The van der Waals surface area contributed by atoms with Crippen molar-refractivity contribution in [2.75, 3.05) is 6.54 Å². The Morgan fingerprint density at radius 1 is 1.50 bits per heavy atom. The Balaban J connectivity index is 2.06. The van der Waals surface area contributed by atoms with Gasteiger partial charge in [0.25, 0.3) is 0 Å². The standard InChI is InChI=1S/C9H15N/c1-8-6-9-4-2-3-5-10(9)7-8/h7,9H,2-6H2,1H3. The fraction of sp³-hybridized carbons (Fsp3) is 0.778. The van der Waals surface area contributed by atoms with Crippen LogP contribution in [0.25, 0.3) is 0 Å². The zero-order valence-electron chi connectivity index (χ0n) is 6.64. The molecule has 1 atom stereocenters. The largest absolute Gasteiger partial charge is 0.374 e. The van der Waals surface area contributed by atoms with Crippen LogP contribution in [0.15, 0.2) is 11.8 Å². The first-order valence-electron chi connectivity index (χ1n) is 4.29. The van der Waals surface area contributed by atoms with Crippen molar-refractivity contribution in [2.24, 2.45) is 0 Å². The fourth-order valence-electron chi connectivity index (χ4n) is 2.12. The summed E-state index contributed by atoms with van der Waals surface area (Å²) >= 11 is 0. The van der Waals surface area contributed by atoms with E-state index >= 15 is 0 Å². The van der Waals surface area contributed by atoms with Crippen molar-refractivity contribution in [3.8, 4) is 0 Å². The lowest BCUT2D eigenvalue weighted by atomic mass is 10.0. The van der Waals surface area contributed by atoms with Gasteiger partial charge in [0, 0.05) is 12.6 Å². The summed E-state index contributed by atoms with van der Waals surface area (Å²) in [5, 5.41) is 0. The first kappa shape index (κ1) is 6.26. The Morgan fingerprint density at radius 3 is 3.20 bits per heavy atom. The molecule has 0 spiro atoms. The number of hydrogen-bond acceptors (Lipinski definition) is 1. The second kappa shape index (κ2) is 2.30. The van der Waals surface area contributed by atoms with Crippen LogP contribution in [-0.4, -0.2) is 17.5 Å². The molecule has 0 aromatic rings. The molecule has 2 aliphatic heterocycles. The van der Waals surface area contributed by atoms with Crippen LogP contribution in [-0.2, 0) is 0 Å². The Kier molecular flexibility index (Phi) is 1.44. The summed E-state index contributed by atoms with van der Waals surface area (Å²) in [5.74, 6) is 0. The first-order chi connectivity index (χ1) is 4.86. The van der Waals surface area contributed by atoms with Gasteiger partial charge >= 0.3 is 0 Å². The van der Waals surface area contributed by atoms with Crippen LogP contribution in [0.1, 0.15) is 32.6 Å². The van der Waals surface area contributed by atoms with Gasteiger partial charge in [0.2, 0.25) is 0 Å². The normalized spacial score (nSPS) is 31.9. The molecule has 0 N–H and O–H groups in total. The highest BCUT2D eigenvalue weighted by Gasteiger charge is 2.24. The molecule has 1 unspecified atom stereocenters. The molecule has 2 aliphatic rings. The van der Waals surface area contributed by atoms with Crippen molar-refractivity contribution in [1.29, 1.82) is 0 Å². The molecular weight excluding hydrogens is 122 g/mol. The highest BCUT2D eigenvalue weighted by molar-refractivity contribution is 5.09. The van der Waals surface area contributed by atoms with Crippen LogP contribution < -0.4 is 0 Å². The minimum Gasteiger partial charge on any atom is -0.374 e. The summed E-state index contributed by atoms with van der Waals surface area (Å²) in [6.45, 7) is 3.56. The number of hydrogen-bond donors (Lipinski definition) is 0. The van der Waals surface area contributed by atoms with Crippen molar-refractivity contribution in [3.05, 3.63) is 11.8 Å². The minimum atomic E-state index is 0.883. The lowest BCUT2D eigenvalue weighted by Gasteiger charge is -2.30. The van der Waals surface area contributed by atoms with Gasteiger partial charge in [-0.3, -0.25) is 0 Å². The number of fused-ring (bicyclic) bond motifs is 1. The lowest BCUT2D eigenvalue weighted by molar-refractivity contribution is 0.233. The first-order valence-corrected chi connectivity index (χ1v) is 4.29. The van der Waals surface area contributed by atoms with Gasteiger partial charge in [0.05, 0.1) is 0 Å². The fourth-order valence-corrected chi connectivity index (χ4v) is 2.12. The van der Waals surface area contributed by atoms with Crippen molar-refractivity contribution in [2.45, 2.75) is 38.6 Å². The van der Waals surface area contributed by atoms with E-state index in [0.717, 1.165) is 6.04 Å². The van der Waals surface area contributed by atoms with E-state index in [1.54, 1.807) is 5.57 Å². The number of rotatable bonds is 0. The zero-order chi connectivity index (χ0) is 6.97. The smallest absolute Gasteiger partial charge is 0.0322 e. The zero-order valence-corrected chi connectivity index (χ0v) is 6.64. The minimum absolute atomic E-state index is 0.883. The van der Waals surface area contributed by atoms with Gasteiger partial charge in [-0.2, -0.15) is 0 Å². The van der Waals surface area contributed by atoms with E-state index in [9.17, 15) is 0 Å². The summed E-state index contributed by atoms with van der Waals surface area (Å²) in [6, 6.07) is 0.883. The second-order valence-corrected chi connectivity index (χ2v) is 3.57. The third-order valence-corrected chi connectivity index (χ3v) is 2.62. The van der Waals surface area contributed by atoms with Gasteiger partial charge in [0.15, 0.2) is 0 Å². The molecule has 56 valence electrons. The molecule has 0 aliphatic carbocycles. The maximum Gasteiger partial charge on any atom is 0.0322 e. The average molecular weight is 137 g/mol. The van der Waals surface area contributed by atoms with Gasteiger partial charge in [-0.25, -0.2) is 0 Å². The third-order valence-electron chi connectivity index (χ3n) is 2.62. The summed E-state index contributed by atoms with van der Waals surface area (Å²) in [5.41, 5.74) is 1.58. The maximum absolute atomic E-state index is 2.53. The van der Waals surface area contributed by atoms with Crippen LogP contribution in [0, 0.1) is 0 Å². The molecule has 0 amide bonds. The summed E-state index contributed by atoms with van der Waals surface area (Å²) in [6.07, 6.45) is 7.96. The molecule has 2 heterocycles. The van der Waals surface area contributed by atoms with E-state index in [4.69, 9.17) is 0 Å².